The van der Waals surface area contributed by atoms with E-state index in [0.717, 1.165) is 16.3 Å². The van der Waals surface area contributed by atoms with E-state index in [1.807, 2.05) is 30.3 Å². The van der Waals surface area contributed by atoms with Crippen LogP contribution >= 0.6 is 11.6 Å². The van der Waals surface area contributed by atoms with Crippen LogP contribution < -0.4 is 16.4 Å². The summed E-state index contributed by atoms with van der Waals surface area (Å²) in [5.74, 6) is 0.458. The monoisotopic (exact) mass is 318 g/mol. The van der Waals surface area contributed by atoms with Gasteiger partial charge in [-0.3, -0.25) is 4.79 Å². The Morgan fingerprint density at radius 3 is 2.73 bits per heavy atom. The summed E-state index contributed by atoms with van der Waals surface area (Å²) in [5, 5.41) is 6.70. The van der Waals surface area contributed by atoms with Crippen molar-refractivity contribution in [2.75, 3.05) is 17.2 Å². The quantitative estimate of drug-likeness (QED) is 0.733. The molecule has 0 fully saturated rings. The van der Waals surface area contributed by atoms with Crippen molar-refractivity contribution in [1.29, 1.82) is 0 Å². The highest BCUT2D eigenvalue weighted by Crippen LogP contribution is 2.17. The van der Waals surface area contributed by atoms with Crippen LogP contribution in [0.3, 0.4) is 0 Å². The van der Waals surface area contributed by atoms with Crippen molar-refractivity contribution in [2.45, 2.75) is 19.4 Å². The molecule has 6 heteroatoms. The molecule has 0 radical (unpaired) electrons. The average molecular weight is 319 g/mol. The third-order valence-corrected chi connectivity index (χ3v) is 3.45. The number of pyridine rings is 1. The number of hydrogen-bond acceptors (Lipinski definition) is 4. The van der Waals surface area contributed by atoms with Crippen LogP contribution in [0.4, 0.5) is 11.5 Å². The fraction of sp³-hybridized carbons (Fsp3) is 0.250. The number of nitrogens with zero attached hydrogens (tertiary/aromatic N) is 1. The number of nitrogens with one attached hydrogen (secondary N) is 2. The molecule has 1 amide bonds. The van der Waals surface area contributed by atoms with Crippen molar-refractivity contribution in [3.63, 3.8) is 0 Å². The molecule has 0 aliphatic heterocycles. The van der Waals surface area contributed by atoms with Gasteiger partial charge in [0, 0.05) is 18.0 Å². The van der Waals surface area contributed by atoms with Crippen molar-refractivity contribution in [1.82, 2.24) is 4.98 Å². The zero-order chi connectivity index (χ0) is 15.8. The van der Waals surface area contributed by atoms with Crippen LogP contribution in [-0.4, -0.2) is 17.4 Å². The molecule has 22 heavy (non-hydrogen) atoms. The summed E-state index contributed by atoms with van der Waals surface area (Å²) in [6, 6.07) is 11.3. The van der Waals surface area contributed by atoms with Crippen LogP contribution in [0.15, 0.2) is 42.6 Å². The summed E-state index contributed by atoms with van der Waals surface area (Å²) in [5.41, 5.74) is 7.25. The lowest BCUT2D eigenvalue weighted by molar-refractivity contribution is -0.116. The topological polar surface area (TPSA) is 80.0 Å². The van der Waals surface area contributed by atoms with Crippen LogP contribution in [0.25, 0.3) is 0 Å². The van der Waals surface area contributed by atoms with Crippen LogP contribution in [0.2, 0.25) is 5.02 Å². The van der Waals surface area contributed by atoms with Gasteiger partial charge in [-0.1, -0.05) is 29.8 Å². The molecule has 5 nitrogen and oxygen atoms in total. The van der Waals surface area contributed by atoms with Gasteiger partial charge in [-0.05, 0) is 36.7 Å². The number of carbonyl (C=O) groups is 1. The maximum atomic E-state index is 11.6. The fourth-order valence-corrected chi connectivity index (χ4v) is 2.08. The lowest BCUT2D eigenvalue weighted by Crippen LogP contribution is -2.14. The van der Waals surface area contributed by atoms with Crippen LogP contribution in [0.1, 0.15) is 18.4 Å². The van der Waals surface area contributed by atoms with Crippen LogP contribution in [-0.2, 0) is 11.3 Å². The van der Waals surface area contributed by atoms with E-state index in [9.17, 15) is 4.79 Å². The zero-order valence-corrected chi connectivity index (χ0v) is 12.9. The van der Waals surface area contributed by atoms with Crippen molar-refractivity contribution in [3.8, 4) is 0 Å². The molecule has 0 bridgehead atoms. The molecule has 0 aliphatic rings. The minimum absolute atomic E-state index is 0.0743. The summed E-state index contributed by atoms with van der Waals surface area (Å²) < 4.78 is 0. The van der Waals surface area contributed by atoms with Gasteiger partial charge in [0.15, 0.2) is 0 Å². The van der Waals surface area contributed by atoms with Crippen LogP contribution in [0, 0.1) is 0 Å². The number of carbonyl (C=O) groups excluding carboxylic acids is 1. The standard InChI is InChI=1S/C16H19ClN4O/c17-14-5-2-1-4-12(14)10-19-13-7-8-15(20-11-13)21-16(22)6-3-9-18/h1-2,4-5,7-8,11,19H,3,6,9-10,18H2,(H,20,21,22). The third-order valence-electron chi connectivity index (χ3n) is 3.08. The first-order valence-electron chi connectivity index (χ1n) is 7.12. The number of benzene rings is 1. The lowest BCUT2D eigenvalue weighted by Gasteiger charge is -2.09. The second-order valence-corrected chi connectivity index (χ2v) is 5.22. The molecular formula is C16H19ClN4O. The van der Waals surface area contributed by atoms with Gasteiger partial charge >= 0.3 is 0 Å². The molecule has 0 saturated carbocycles. The van der Waals surface area contributed by atoms with Gasteiger partial charge in [-0.15, -0.1) is 0 Å². The van der Waals surface area contributed by atoms with E-state index < -0.39 is 0 Å². The summed E-state index contributed by atoms with van der Waals surface area (Å²) in [7, 11) is 0. The van der Waals surface area contributed by atoms with Gasteiger partial charge < -0.3 is 16.4 Å². The van der Waals surface area contributed by atoms with E-state index in [4.69, 9.17) is 17.3 Å². The Morgan fingerprint density at radius 2 is 2.05 bits per heavy atom. The molecule has 116 valence electrons. The summed E-state index contributed by atoms with van der Waals surface area (Å²) in [4.78, 5) is 15.8. The molecule has 0 atom stereocenters. The van der Waals surface area contributed by atoms with Gasteiger partial charge in [-0.2, -0.15) is 0 Å². The van der Waals surface area contributed by atoms with E-state index >= 15 is 0 Å². The Balaban J connectivity index is 1.87. The molecule has 1 aromatic carbocycles. The minimum Gasteiger partial charge on any atom is -0.380 e. The molecule has 2 rings (SSSR count). The molecular weight excluding hydrogens is 300 g/mol. The minimum atomic E-state index is -0.0743. The summed E-state index contributed by atoms with van der Waals surface area (Å²) in [6.45, 7) is 1.12. The van der Waals surface area contributed by atoms with E-state index in [0.29, 0.717) is 31.7 Å². The highest BCUT2D eigenvalue weighted by molar-refractivity contribution is 6.31. The number of rotatable bonds is 7. The van der Waals surface area contributed by atoms with E-state index in [1.54, 1.807) is 12.3 Å². The molecule has 0 unspecified atom stereocenters. The van der Waals surface area contributed by atoms with Gasteiger partial charge in [-0.25, -0.2) is 4.98 Å². The van der Waals surface area contributed by atoms with Gasteiger partial charge in [0.1, 0.15) is 5.82 Å². The Labute approximate surface area is 134 Å². The summed E-state index contributed by atoms with van der Waals surface area (Å²) in [6.07, 6.45) is 2.75. The van der Waals surface area contributed by atoms with Gasteiger partial charge in [0.25, 0.3) is 0 Å². The Hall–Kier alpha value is -2.11. The molecule has 4 N–H and O–H groups in total. The molecule has 1 heterocycles. The highest BCUT2D eigenvalue weighted by Gasteiger charge is 2.03. The second-order valence-electron chi connectivity index (χ2n) is 4.82. The maximum Gasteiger partial charge on any atom is 0.225 e. The third kappa shape index (κ3) is 5.02. The van der Waals surface area contributed by atoms with Crippen molar-refractivity contribution in [2.24, 2.45) is 5.73 Å². The number of hydrogen-bond donors (Lipinski definition) is 3. The SMILES string of the molecule is NCCCC(=O)Nc1ccc(NCc2ccccc2Cl)cn1. The fourth-order valence-electron chi connectivity index (χ4n) is 1.88. The Bertz CT molecular complexity index is 616. The highest BCUT2D eigenvalue weighted by atomic mass is 35.5. The largest absolute Gasteiger partial charge is 0.380 e. The molecule has 0 saturated heterocycles. The second kappa shape index (κ2) is 8.36. The van der Waals surface area contributed by atoms with E-state index in [2.05, 4.69) is 15.6 Å². The predicted octanol–water partition coefficient (Wildman–Crippen LogP) is 3.02. The van der Waals surface area contributed by atoms with Gasteiger partial charge in [0.2, 0.25) is 5.91 Å². The van der Waals surface area contributed by atoms with Crippen molar-refractivity contribution in [3.05, 3.63) is 53.2 Å². The van der Waals surface area contributed by atoms with Crippen molar-refractivity contribution < 1.29 is 4.79 Å². The first-order valence-corrected chi connectivity index (χ1v) is 7.50. The number of halogens is 1. The smallest absolute Gasteiger partial charge is 0.225 e. The Kier molecular flexibility index (Phi) is 6.18. The lowest BCUT2D eigenvalue weighted by atomic mass is 10.2. The molecule has 0 spiro atoms. The number of nitrogens with two attached hydrogens (primary N) is 1. The Morgan fingerprint density at radius 1 is 1.23 bits per heavy atom. The molecule has 2 aromatic rings. The van der Waals surface area contributed by atoms with Crippen LogP contribution in [0.5, 0.6) is 0 Å². The maximum absolute atomic E-state index is 11.6. The zero-order valence-electron chi connectivity index (χ0n) is 12.2. The first kappa shape index (κ1) is 16.3. The normalized spacial score (nSPS) is 10.3. The average Bonchev–Trinajstić information content (AvgIpc) is 2.53. The van der Waals surface area contributed by atoms with Crippen molar-refractivity contribution >= 4 is 29.0 Å². The number of anilines is 2. The van der Waals surface area contributed by atoms with E-state index in [-0.39, 0.29) is 5.91 Å². The predicted molar refractivity (Wildman–Crippen MR) is 89.9 cm³/mol. The molecule has 0 aliphatic carbocycles. The first-order chi connectivity index (χ1) is 10.7. The van der Waals surface area contributed by atoms with E-state index in [1.165, 1.54) is 0 Å². The summed E-state index contributed by atoms with van der Waals surface area (Å²) >= 11 is 6.10. The number of amides is 1. The number of aromatic nitrogens is 1. The van der Waals surface area contributed by atoms with Gasteiger partial charge in [0.05, 0.1) is 11.9 Å². The molecule has 1 aromatic heterocycles.